The first kappa shape index (κ1) is 15.6. The van der Waals surface area contributed by atoms with Crippen LogP contribution < -0.4 is 5.32 Å². The Morgan fingerprint density at radius 1 is 1.00 bits per heavy atom. The second kappa shape index (κ2) is 6.77. The molecule has 106 valence electrons. The Bertz CT molecular complexity index is 585. The van der Waals surface area contributed by atoms with Gasteiger partial charge in [0.1, 0.15) is 0 Å². The maximum atomic E-state index is 3.69. The molecule has 2 aromatic rings. The summed E-state index contributed by atoms with van der Waals surface area (Å²) in [6.45, 7) is 6.50. The molecule has 0 aliphatic carbocycles. The van der Waals surface area contributed by atoms with Crippen LogP contribution in [0.25, 0.3) is 0 Å². The van der Waals surface area contributed by atoms with Crippen LogP contribution in [0.4, 0.5) is 5.69 Å². The molecule has 2 aromatic carbocycles. The van der Waals surface area contributed by atoms with Crippen molar-refractivity contribution in [1.29, 1.82) is 0 Å². The van der Waals surface area contributed by atoms with Gasteiger partial charge in [-0.3, -0.25) is 0 Å². The Morgan fingerprint density at radius 2 is 1.65 bits per heavy atom. The van der Waals surface area contributed by atoms with Crippen LogP contribution in [0.1, 0.15) is 36.1 Å². The van der Waals surface area contributed by atoms with E-state index in [4.69, 9.17) is 0 Å². The van der Waals surface area contributed by atoms with E-state index in [9.17, 15) is 0 Å². The number of benzene rings is 2. The molecule has 1 N–H and O–H groups in total. The van der Waals surface area contributed by atoms with Gasteiger partial charge in [-0.15, -0.1) is 0 Å². The van der Waals surface area contributed by atoms with Gasteiger partial charge in [0.25, 0.3) is 0 Å². The molecule has 0 aromatic heterocycles. The Morgan fingerprint density at radius 3 is 2.20 bits per heavy atom. The fourth-order valence-corrected chi connectivity index (χ4v) is 3.56. The molecule has 0 fully saturated rings. The number of aryl methyl sites for hydroxylation is 2. The van der Waals surface area contributed by atoms with Gasteiger partial charge in [-0.2, -0.15) is 0 Å². The van der Waals surface area contributed by atoms with E-state index in [1.54, 1.807) is 0 Å². The van der Waals surface area contributed by atoms with Gasteiger partial charge in [0, 0.05) is 14.6 Å². The zero-order chi connectivity index (χ0) is 14.7. The van der Waals surface area contributed by atoms with Crippen molar-refractivity contribution in [3.63, 3.8) is 0 Å². The summed E-state index contributed by atoms with van der Waals surface area (Å²) in [6, 6.07) is 13.1. The number of anilines is 1. The van der Waals surface area contributed by atoms with Crippen molar-refractivity contribution in [2.75, 3.05) is 5.32 Å². The SMILES string of the molecule is CCC(Nc1c(C)cc(Br)cc1C)c1cccc(Br)c1. The van der Waals surface area contributed by atoms with Crippen molar-refractivity contribution in [2.24, 2.45) is 0 Å². The molecule has 0 aliphatic heterocycles. The fourth-order valence-electron chi connectivity index (χ4n) is 2.46. The van der Waals surface area contributed by atoms with Gasteiger partial charge in [-0.1, -0.05) is 50.9 Å². The summed E-state index contributed by atoms with van der Waals surface area (Å²) in [5, 5.41) is 3.69. The van der Waals surface area contributed by atoms with Crippen molar-refractivity contribution in [3.05, 3.63) is 62.0 Å². The third kappa shape index (κ3) is 3.64. The predicted molar refractivity (Wildman–Crippen MR) is 94.4 cm³/mol. The monoisotopic (exact) mass is 395 g/mol. The standard InChI is InChI=1S/C17H19Br2N/c1-4-16(13-6-5-7-14(18)10-13)20-17-11(2)8-15(19)9-12(17)3/h5-10,16,20H,4H2,1-3H3. The molecule has 0 heterocycles. The zero-order valence-electron chi connectivity index (χ0n) is 12.0. The van der Waals surface area contributed by atoms with Crippen LogP contribution in [0.15, 0.2) is 45.3 Å². The lowest BCUT2D eigenvalue weighted by molar-refractivity contribution is 0.747. The summed E-state index contributed by atoms with van der Waals surface area (Å²) in [7, 11) is 0. The highest BCUT2D eigenvalue weighted by atomic mass is 79.9. The molecule has 0 aliphatic rings. The average molecular weight is 397 g/mol. The minimum absolute atomic E-state index is 0.325. The van der Waals surface area contributed by atoms with Crippen LogP contribution in [0.2, 0.25) is 0 Å². The fraction of sp³-hybridized carbons (Fsp3) is 0.294. The van der Waals surface area contributed by atoms with Crippen molar-refractivity contribution in [1.82, 2.24) is 0 Å². The van der Waals surface area contributed by atoms with E-state index in [0.717, 1.165) is 15.4 Å². The van der Waals surface area contributed by atoms with Crippen LogP contribution >= 0.6 is 31.9 Å². The minimum Gasteiger partial charge on any atom is -0.378 e. The van der Waals surface area contributed by atoms with E-state index in [1.165, 1.54) is 22.4 Å². The molecule has 0 saturated heterocycles. The summed E-state index contributed by atoms with van der Waals surface area (Å²) in [5.41, 5.74) is 5.08. The van der Waals surface area contributed by atoms with Crippen molar-refractivity contribution in [2.45, 2.75) is 33.2 Å². The van der Waals surface area contributed by atoms with Gasteiger partial charge < -0.3 is 5.32 Å². The Balaban J connectivity index is 2.32. The topological polar surface area (TPSA) is 12.0 Å². The first-order valence-electron chi connectivity index (χ1n) is 6.80. The van der Waals surface area contributed by atoms with Gasteiger partial charge in [0.05, 0.1) is 6.04 Å². The molecule has 1 unspecified atom stereocenters. The van der Waals surface area contributed by atoms with Crippen LogP contribution in [0, 0.1) is 13.8 Å². The average Bonchev–Trinajstić information content (AvgIpc) is 2.38. The zero-order valence-corrected chi connectivity index (χ0v) is 15.2. The Kier molecular flexibility index (Phi) is 5.28. The number of rotatable bonds is 4. The van der Waals surface area contributed by atoms with Gasteiger partial charge in [0.2, 0.25) is 0 Å². The lowest BCUT2D eigenvalue weighted by Gasteiger charge is -2.22. The Labute approximate surface area is 138 Å². The van der Waals surface area contributed by atoms with E-state index in [1.807, 2.05) is 0 Å². The summed E-state index contributed by atoms with van der Waals surface area (Å²) < 4.78 is 2.26. The van der Waals surface area contributed by atoms with Crippen molar-refractivity contribution < 1.29 is 0 Å². The largest absolute Gasteiger partial charge is 0.378 e. The highest BCUT2D eigenvalue weighted by molar-refractivity contribution is 9.10. The molecule has 0 amide bonds. The van der Waals surface area contributed by atoms with Gasteiger partial charge in [0.15, 0.2) is 0 Å². The molecule has 1 nitrogen and oxygen atoms in total. The lowest BCUT2D eigenvalue weighted by atomic mass is 10.0. The third-order valence-electron chi connectivity index (χ3n) is 3.48. The molecule has 20 heavy (non-hydrogen) atoms. The molecule has 0 radical (unpaired) electrons. The van der Waals surface area contributed by atoms with E-state index >= 15 is 0 Å². The van der Waals surface area contributed by atoms with Crippen LogP contribution in [-0.4, -0.2) is 0 Å². The van der Waals surface area contributed by atoms with E-state index in [0.29, 0.717) is 6.04 Å². The molecule has 3 heteroatoms. The molecule has 0 bridgehead atoms. The molecular formula is C17H19Br2N. The summed E-state index contributed by atoms with van der Waals surface area (Å²) in [5.74, 6) is 0. The molecular weight excluding hydrogens is 378 g/mol. The molecule has 0 saturated carbocycles. The minimum atomic E-state index is 0.325. The second-order valence-electron chi connectivity index (χ2n) is 5.07. The second-order valence-corrected chi connectivity index (χ2v) is 6.91. The smallest absolute Gasteiger partial charge is 0.0511 e. The Hall–Kier alpha value is -0.800. The molecule has 1 atom stereocenters. The van der Waals surface area contributed by atoms with E-state index in [-0.39, 0.29) is 0 Å². The van der Waals surface area contributed by atoms with Crippen molar-refractivity contribution in [3.8, 4) is 0 Å². The number of hydrogen-bond donors (Lipinski definition) is 1. The van der Waals surface area contributed by atoms with Gasteiger partial charge in [-0.25, -0.2) is 0 Å². The lowest BCUT2D eigenvalue weighted by Crippen LogP contribution is -2.11. The maximum Gasteiger partial charge on any atom is 0.0511 e. The van der Waals surface area contributed by atoms with E-state index < -0.39 is 0 Å². The summed E-state index contributed by atoms with van der Waals surface area (Å²) in [6.07, 6.45) is 1.05. The predicted octanol–water partition coefficient (Wildman–Crippen LogP) is 6.39. The third-order valence-corrected chi connectivity index (χ3v) is 4.43. The highest BCUT2D eigenvalue weighted by Crippen LogP contribution is 2.30. The van der Waals surface area contributed by atoms with Gasteiger partial charge in [-0.05, 0) is 61.2 Å². The number of hydrogen-bond acceptors (Lipinski definition) is 1. The number of halogens is 2. The quantitative estimate of drug-likeness (QED) is 0.630. The van der Waals surface area contributed by atoms with Crippen molar-refractivity contribution >= 4 is 37.5 Å². The van der Waals surface area contributed by atoms with Crippen LogP contribution in [-0.2, 0) is 0 Å². The normalized spacial score (nSPS) is 12.2. The van der Waals surface area contributed by atoms with Crippen LogP contribution in [0.3, 0.4) is 0 Å². The van der Waals surface area contributed by atoms with Crippen LogP contribution in [0.5, 0.6) is 0 Å². The van der Waals surface area contributed by atoms with E-state index in [2.05, 4.69) is 94.3 Å². The number of nitrogens with one attached hydrogen (secondary N) is 1. The summed E-state index contributed by atoms with van der Waals surface area (Å²) >= 11 is 7.10. The summed E-state index contributed by atoms with van der Waals surface area (Å²) in [4.78, 5) is 0. The first-order chi connectivity index (χ1) is 9.51. The van der Waals surface area contributed by atoms with Gasteiger partial charge >= 0.3 is 0 Å². The molecule has 2 rings (SSSR count). The molecule has 0 spiro atoms. The highest BCUT2D eigenvalue weighted by Gasteiger charge is 2.12. The maximum absolute atomic E-state index is 3.69. The first-order valence-corrected chi connectivity index (χ1v) is 8.38.